The van der Waals surface area contributed by atoms with Gasteiger partial charge in [0, 0.05) is 12.8 Å². The monoisotopic (exact) mass is 907 g/mol. The van der Waals surface area contributed by atoms with Crippen molar-refractivity contribution in [3.05, 3.63) is 72.9 Å². The average Bonchev–Trinajstić information content (AvgIpc) is 3.30. The van der Waals surface area contributed by atoms with Crippen LogP contribution in [0.4, 0.5) is 0 Å². The van der Waals surface area contributed by atoms with Gasteiger partial charge in [-0.2, -0.15) is 0 Å². The topological polar surface area (TPSA) is 78.9 Å². The molecule has 0 aliphatic carbocycles. The standard InChI is InChI=1S/C59H102O6/c1-4-7-10-13-16-19-22-25-28-29-30-32-34-37-40-43-46-49-52-58(61)64-55-56(54-63-57(60)51-48-45-42-39-36-33-27-24-21-18-15-12-9-6-3)65-59(62)53-50-47-44-41-38-35-31-26-23-20-17-14-11-8-5-2/h8,11,17,20,24,26-27,31,38,41,47,50,56H,4-7,9-10,12-16,18-19,21-23,25,28-30,32-37,39-40,42-46,48-49,51-55H2,1-3H3/b11-8-,20-17-,27-24-,31-26-,41-38-,50-47-. The fourth-order valence-corrected chi connectivity index (χ4v) is 7.63. The molecule has 0 heterocycles. The van der Waals surface area contributed by atoms with Gasteiger partial charge in [0.15, 0.2) is 6.10 Å². The first-order chi connectivity index (χ1) is 32.0. The number of ether oxygens (including phenoxy) is 3. The fraction of sp³-hybridized carbons (Fsp3) is 0.746. The van der Waals surface area contributed by atoms with E-state index in [1.807, 2.05) is 6.08 Å². The molecule has 0 aliphatic heterocycles. The molecule has 0 aromatic carbocycles. The molecular formula is C59H102O6. The zero-order valence-electron chi connectivity index (χ0n) is 42.7. The summed E-state index contributed by atoms with van der Waals surface area (Å²) in [6, 6.07) is 0. The molecule has 0 saturated carbocycles. The van der Waals surface area contributed by atoms with Gasteiger partial charge in [0.1, 0.15) is 13.2 Å². The summed E-state index contributed by atoms with van der Waals surface area (Å²) in [4.78, 5) is 38.0. The molecule has 0 spiro atoms. The number of rotatable bonds is 49. The first-order valence-corrected chi connectivity index (χ1v) is 27.4. The van der Waals surface area contributed by atoms with E-state index in [1.165, 1.54) is 141 Å². The molecule has 0 bridgehead atoms. The van der Waals surface area contributed by atoms with Crippen molar-refractivity contribution in [2.75, 3.05) is 13.2 Å². The maximum atomic E-state index is 12.8. The lowest BCUT2D eigenvalue weighted by molar-refractivity contribution is -0.166. The summed E-state index contributed by atoms with van der Waals surface area (Å²) in [7, 11) is 0. The second-order valence-corrected chi connectivity index (χ2v) is 18.1. The number of allylic oxidation sites excluding steroid dienone is 11. The van der Waals surface area contributed by atoms with E-state index in [9.17, 15) is 14.4 Å². The molecule has 0 aromatic rings. The van der Waals surface area contributed by atoms with E-state index >= 15 is 0 Å². The Hall–Kier alpha value is -3.15. The number of unbranched alkanes of at least 4 members (excludes halogenated alkanes) is 27. The summed E-state index contributed by atoms with van der Waals surface area (Å²) >= 11 is 0. The maximum Gasteiger partial charge on any atom is 0.310 e. The fourth-order valence-electron chi connectivity index (χ4n) is 7.63. The van der Waals surface area contributed by atoms with Gasteiger partial charge in [-0.25, -0.2) is 0 Å². The van der Waals surface area contributed by atoms with Gasteiger partial charge in [-0.1, -0.05) is 248 Å². The molecule has 0 aromatic heterocycles. The number of esters is 3. The highest BCUT2D eigenvalue weighted by molar-refractivity contribution is 5.72. The van der Waals surface area contributed by atoms with Crippen LogP contribution < -0.4 is 0 Å². The predicted molar refractivity (Wildman–Crippen MR) is 279 cm³/mol. The van der Waals surface area contributed by atoms with Gasteiger partial charge in [-0.3, -0.25) is 14.4 Å². The zero-order chi connectivity index (χ0) is 47.2. The van der Waals surface area contributed by atoms with Crippen molar-refractivity contribution in [2.45, 2.75) is 271 Å². The number of hydrogen-bond acceptors (Lipinski definition) is 6. The van der Waals surface area contributed by atoms with Crippen LogP contribution in [0, 0.1) is 0 Å². The molecule has 65 heavy (non-hydrogen) atoms. The van der Waals surface area contributed by atoms with E-state index in [4.69, 9.17) is 14.2 Å². The highest BCUT2D eigenvalue weighted by atomic mass is 16.6. The second kappa shape index (κ2) is 53.5. The Morgan fingerprint density at radius 2 is 0.646 bits per heavy atom. The lowest BCUT2D eigenvalue weighted by Crippen LogP contribution is -2.30. The van der Waals surface area contributed by atoms with E-state index in [0.717, 1.165) is 83.5 Å². The lowest BCUT2D eigenvalue weighted by atomic mass is 10.0. The van der Waals surface area contributed by atoms with Crippen molar-refractivity contribution in [3.63, 3.8) is 0 Å². The Labute approximate surface area is 402 Å². The summed E-state index contributed by atoms with van der Waals surface area (Å²) in [5.41, 5.74) is 0. The van der Waals surface area contributed by atoms with Gasteiger partial charge in [-0.05, 0) is 70.6 Å². The van der Waals surface area contributed by atoms with Crippen LogP contribution in [-0.2, 0) is 28.6 Å². The largest absolute Gasteiger partial charge is 0.462 e. The molecule has 0 aliphatic rings. The summed E-state index contributed by atoms with van der Waals surface area (Å²) in [6.45, 7) is 6.44. The van der Waals surface area contributed by atoms with Gasteiger partial charge < -0.3 is 14.2 Å². The van der Waals surface area contributed by atoms with Crippen LogP contribution in [0.25, 0.3) is 0 Å². The van der Waals surface area contributed by atoms with Crippen molar-refractivity contribution < 1.29 is 28.6 Å². The Morgan fingerprint density at radius 3 is 1.00 bits per heavy atom. The highest BCUT2D eigenvalue weighted by Gasteiger charge is 2.19. The normalized spacial score (nSPS) is 12.6. The molecule has 0 rings (SSSR count). The third-order valence-electron chi connectivity index (χ3n) is 11.7. The quantitative estimate of drug-likeness (QED) is 0.0262. The lowest BCUT2D eigenvalue weighted by Gasteiger charge is -2.18. The minimum absolute atomic E-state index is 0.0973. The van der Waals surface area contributed by atoms with E-state index < -0.39 is 12.1 Å². The minimum Gasteiger partial charge on any atom is -0.462 e. The Kier molecular flexibility index (Phi) is 50.9. The van der Waals surface area contributed by atoms with Crippen LogP contribution in [0.15, 0.2) is 72.9 Å². The van der Waals surface area contributed by atoms with Crippen molar-refractivity contribution in [2.24, 2.45) is 0 Å². The molecule has 1 atom stereocenters. The van der Waals surface area contributed by atoms with E-state index in [-0.39, 0.29) is 31.6 Å². The summed E-state index contributed by atoms with van der Waals surface area (Å²) in [5, 5.41) is 0. The van der Waals surface area contributed by atoms with Crippen molar-refractivity contribution in [1.29, 1.82) is 0 Å². The Balaban J connectivity index is 4.46. The molecule has 0 fully saturated rings. The third-order valence-corrected chi connectivity index (χ3v) is 11.7. The molecule has 1 unspecified atom stereocenters. The summed E-state index contributed by atoms with van der Waals surface area (Å²) in [5.74, 6) is -1.05. The third kappa shape index (κ3) is 51.7. The van der Waals surface area contributed by atoms with Gasteiger partial charge in [0.25, 0.3) is 0 Å². The van der Waals surface area contributed by atoms with Crippen LogP contribution in [0.5, 0.6) is 0 Å². The Morgan fingerprint density at radius 1 is 0.338 bits per heavy atom. The summed E-state index contributed by atoms with van der Waals surface area (Å²) in [6.07, 6.45) is 67.7. The van der Waals surface area contributed by atoms with Crippen molar-refractivity contribution >= 4 is 17.9 Å². The number of hydrogen-bond donors (Lipinski definition) is 0. The second-order valence-electron chi connectivity index (χ2n) is 18.1. The van der Waals surface area contributed by atoms with Crippen molar-refractivity contribution in [3.8, 4) is 0 Å². The average molecular weight is 907 g/mol. The predicted octanol–water partition coefficient (Wildman–Crippen LogP) is 18.2. The smallest absolute Gasteiger partial charge is 0.310 e. The van der Waals surface area contributed by atoms with Crippen LogP contribution in [0.3, 0.4) is 0 Å². The van der Waals surface area contributed by atoms with Gasteiger partial charge >= 0.3 is 17.9 Å². The molecule has 6 nitrogen and oxygen atoms in total. The number of carbonyl (C=O) groups is 3. The van der Waals surface area contributed by atoms with Crippen LogP contribution in [0.1, 0.15) is 265 Å². The Bertz CT molecular complexity index is 1230. The molecule has 0 N–H and O–H groups in total. The SMILES string of the molecule is CC/C=C\C/C=C\C/C=C\C/C=C\C/C=C\CC(=O)OC(COC(=O)CCCCCCC/C=C\CCCCCCC)COC(=O)CCCCCCCCCCCCCCCCCCCC. The molecule has 0 amide bonds. The van der Waals surface area contributed by atoms with Crippen LogP contribution in [0.2, 0.25) is 0 Å². The first kappa shape index (κ1) is 61.9. The molecule has 374 valence electrons. The van der Waals surface area contributed by atoms with Gasteiger partial charge in [0.05, 0.1) is 6.42 Å². The van der Waals surface area contributed by atoms with Crippen molar-refractivity contribution in [1.82, 2.24) is 0 Å². The van der Waals surface area contributed by atoms with E-state index in [0.29, 0.717) is 12.8 Å². The molecule has 0 radical (unpaired) electrons. The summed E-state index contributed by atoms with van der Waals surface area (Å²) < 4.78 is 16.7. The molecule has 6 heteroatoms. The van der Waals surface area contributed by atoms with E-state index in [2.05, 4.69) is 81.5 Å². The maximum absolute atomic E-state index is 12.8. The molecular weight excluding hydrogens is 805 g/mol. The number of carbonyl (C=O) groups excluding carboxylic acids is 3. The molecule has 0 saturated heterocycles. The van der Waals surface area contributed by atoms with E-state index in [1.54, 1.807) is 6.08 Å². The minimum atomic E-state index is -0.831. The van der Waals surface area contributed by atoms with Gasteiger partial charge in [-0.15, -0.1) is 0 Å². The van der Waals surface area contributed by atoms with Crippen LogP contribution >= 0.6 is 0 Å². The van der Waals surface area contributed by atoms with Crippen LogP contribution in [-0.4, -0.2) is 37.2 Å². The highest BCUT2D eigenvalue weighted by Crippen LogP contribution is 2.16. The zero-order valence-corrected chi connectivity index (χ0v) is 42.7. The first-order valence-electron chi connectivity index (χ1n) is 27.4. The van der Waals surface area contributed by atoms with Gasteiger partial charge in [0.2, 0.25) is 0 Å².